The first kappa shape index (κ1) is 14.1. The molecule has 0 amide bonds. The molecule has 2 rings (SSSR count). The highest BCUT2D eigenvalue weighted by Gasteiger charge is 2.12. The van der Waals surface area contributed by atoms with E-state index in [-0.39, 0.29) is 6.04 Å². The molecular weight excluding hydrogens is 256 g/mol. The SMILES string of the molecule is Cc1ccc(CCC(NN)c2ccccc2Cl)cc1. The molecule has 3 N–H and O–H groups in total. The first-order valence-corrected chi connectivity index (χ1v) is 6.84. The number of hydrazine groups is 1. The van der Waals surface area contributed by atoms with Gasteiger partial charge >= 0.3 is 0 Å². The van der Waals surface area contributed by atoms with Gasteiger partial charge in [-0.1, -0.05) is 59.6 Å². The summed E-state index contributed by atoms with van der Waals surface area (Å²) in [5.41, 5.74) is 6.51. The minimum Gasteiger partial charge on any atom is -0.271 e. The summed E-state index contributed by atoms with van der Waals surface area (Å²) in [5.74, 6) is 5.65. The highest BCUT2D eigenvalue weighted by molar-refractivity contribution is 6.31. The fraction of sp³-hybridized carbons (Fsp3) is 0.250. The van der Waals surface area contributed by atoms with Gasteiger partial charge in [0.25, 0.3) is 0 Å². The predicted octanol–water partition coefficient (Wildman–Crippen LogP) is 3.79. The molecule has 0 saturated carbocycles. The van der Waals surface area contributed by atoms with Gasteiger partial charge in [-0.2, -0.15) is 0 Å². The number of rotatable bonds is 5. The Morgan fingerprint density at radius 1 is 1.11 bits per heavy atom. The molecule has 2 aromatic rings. The summed E-state index contributed by atoms with van der Waals surface area (Å²) < 4.78 is 0. The van der Waals surface area contributed by atoms with Crippen LogP contribution in [-0.2, 0) is 6.42 Å². The van der Waals surface area contributed by atoms with Gasteiger partial charge in [-0.3, -0.25) is 11.3 Å². The largest absolute Gasteiger partial charge is 0.271 e. The highest BCUT2D eigenvalue weighted by atomic mass is 35.5. The van der Waals surface area contributed by atoms with Crippen molar-refractivity contribution >= 4 is 11.6 Å². The Morgan fingerprint density at radius 3 is 2.42 bits per heavy atom. The van der Waals surface area contributed by atoms with E-state index in [1.807, 2.05) is 24.3 Å². The second-order valence-corrected chi connectivity index (χ2v) is 5.17. The molecular formula is C16H19ClN2. The van der Waals surface area contributed by atoms with Crippen molar-refractivity contribution in [2.45, 2.75) is 25.8 Å². The molecule has 2 aromatic carbocycles. The van der Waals surface area contributed by atoms with Gasteiger partial charge in [0.2, 0.25) is 0 Å². The van der Waals surface area contributed by atoms with E-state index < -0.39 is 0 Å². The molecule has 2 nitrogen and oxygen atoms in total. The topological polar surface area (TPSA) is 38.0 Å². The van der Waals surface area contributed by atoms with Crippen molar-refractivity contribution in [1.82, 2.24) is 5.43 Å². The van der Waals surface area contributed by atoms with Crippen molar-refractivity contribution in [2.24, 2.45) is 5.84 Å². The van der Waals surface area contributed by atoms with E-state index in [0.29, 0.717) is 0 Å². The summed E-state index contributed by atoms with van der Waals surface area (Å²) in [4.78, 5) is 0. The molecule has 100 valence electrons. The van der Waals surface area contributed by atoms with Gasteiger partial charge < -0.3 is 0 Å². The smallest absolute Gasteiger partial charge is 0.0477 e. The number of halogens is 1. The Hall–Kier alpha value is -1.35. The molecule has 0 aliphatic rings. The van der Waals surface area contributed by atoms with Crippen LogP contribution in [0, 0.1) is 6.92 Å². The van der Waals surface area contributed by atoms with Crippen LogP contribution in [0.25, 0.3) is 0 Å². The molecule has 0 aromatic heterocycles. The van der Waals surface area contributed by atoms with E-state index in [0.717, 1.165) is 23.4 Å². The molecule has 0 saturated heterocycles. The summed E-state index contributed by atoms with van der Waals surface area (Å²) in [7, 11) is 0. The molecule has 0 aliphatic carbocycles. The van der Waals surface area contributed by atoms with Gasteiger partial charge in [0, 0.05) is 11.1 Å². The maximum Gasteiger partial charge on any atom is 0.0477 e. The van der Waals surface area contributed by atoms with Crippen LogP contribution < -0.4 is 11.3 Å². The summed E-state index contributed by atoms with van der Waals surface area (Å²) in [6.45, 7) is 2.10. The zero-order valence-electron chi connectivity index (χ0n) is 11.1. The van der Waals surface area contributed by atoms with Crippen LogP contribution in [0.2, 0.25) is 5.02 Å². The van der Waals surface area contributed by atoms with Gasteiger partial charge in [-0.25, -0.2) is 0 Å². The van der Waals surface area contributed by atoms with Gasteiger partial charge in [-0.15, -0.1) is 0 Å². The van der Waals surface area contributed by atoms with E-state index in [1.165, 1.54) is 11.1 Å². The molecule has 0 radical (unpaired) electrons. The lowest BCUT2D eigenvalue weighted by Crippen LogP contribution is -2.28. The Bertz CT molecular complexity index is 523. The average Bonchev–Trinajstić information content (AvgIpc) is 2.43. The predicted molar refractivity (Wildman–Crippen MR) is 81.0 cm³/mol. The number of hydrogen-bond acceptors (Lipinski definition) is 2. The molecule has 0 aliphatic heterocycles. The first-order chi connectivity index (χ1) is 9.20. The monoisotopic (exact) mass is 274 g/mol. The van der Waals surface area contributed by atoms with E-state index in [9.17, 15) is 0 Å². The van der Waals surface area contributed by atoms with Crippen molar-refractivity contribution in [1.29, 1.82) is 0 Å². The van der Waals surface area contributed by atoms with Crippen LogP contribution >= 0.6 is 11.6 Å². The van der Waals surface area contributed by atoms with Crippen LogP contribution in [0.5, 0.6) is 0 Å². The molecule has 1 unspecified atom stereocenters. The third kappa shape index (κ3) is 3.80. The maximum absolute atomic E-state index is 6.20. The third-order valence-electron chi connectivity index (χ3n) is 3.32. The van der Waals surface area contributed by atoms with E-state index >= 15 is 0 Å². The van der Waals surface area contributed by atoms with Crippen LogP contribution in [0.4, 0.5) is 0 Å². The third-order valence-corrected chi connectivity index (χ3v) is 3.67. The van der Waals surface area contributed by atoms with Crippen LogP contribution in [0.3, 0.4) is 0 Å². The summed E-state index contributed by atoms with van der Waals surface area (Å²) >= 11 is 6.20. The fourth-order valence-electron chi connectivity index (χ4n) is 2.15. The average molecular weight is 275 g/mol. The Labute approximate surface area is 119 Å². The van der Waals surface area contributed by atoms with Crippen molar-refractivity contribution in [3.05, 3.63) is 70.2 Å². The highest BCUT2D eigenvalue weighted by Crippen LogP contribution is 2.25. The summed E-state index contributed by atoms with van der Waals surface area (Å²) in [5, 5.41) is 0.759. The zero-order chi connectivity index (χ0) is 13.7. The number of nitrogens with two attached hydrogens (primary N) is 1. The lowest BCUT2D eigenvalue weighted by atomic mass is 9.99. The number of hydrogen-bond donors (Lipinski definition) is 2. The lowest BCUT2D eigenvalue weighted by Gasteiger charge is -2.17. The molecule has 1 atom stereocenters. The maximum atomic E-state index is 6.20. The van der Waals surface area contributed by atoms with Crippen molar-refractivity contribution in [3.8, 4) is 0 Å². The number of aryl methyl sites for hydroxylation is 2. The molecule has 0 spiro atoms. The molecule has 3 heteroatoms. The van der Waals surface area contributed by atoms with Crippen LogP contribution in [0.15, 0.2) is 48.5 Å². The van der Waals surface area contributed by atoms with E-state index in [1.54, 1.807) is 0 Å². The molecule has 0 fully saturated rings. The minimum atomic E-state index is 0.0787. The Kier molecular flexibility index (Phi) is 4.97. The second-order valence-electron chi connectivity index (χ2n) is 4.77. The van der Waals surface area contributed by atoms with Crippen LogP contribution in [-0.4, -0.2) is 0 Å². The van der Waals surface area contributed by atoms with Crippen molar-refractivity contribution in [2.75, 3.05) is 0 Å². The lowest BCUT2D eigenvalue weighted by molar-refractivity contribution is 0.516. The fourth-order valence-corrected chi connectivity index (χ4v) is 2.42. The van der Waals surface area contributed by atoms with Gasteiger partial charge in [0.15, 0.2) is 0 Å². The Balaban J connectivity index is 2.04. The molecule has 19 heavy (non-hydrogen) atoms. The number of nitrogens with one attached hydrogen (secondary N) is 1. The van der Waals surface area contributed by atoms with E-state index in [4.69, 9.17) is 17.4 Å². The number of benzene rings is 2. The quantitative estimate of drug-likeness (QED) is 0.643. The normalized spacial score (nSPS) is 12.4. The standard InChI is InChI=1S/C16H19ClN2/c1-12-6-8-13(9-7-12)10-11-16(19-18)14-4-2-3-5-15(14)17/h2-9,16,19H,10-11,18H2,1H3. The van der Waals surface area contributed by atoms with Crippen molar-refractivity contribution < 1.29 is 0 Å². The van der Waals surface area contributed by atoms with E-state index in [2.05, 4.69) is 36.6 Å². The summed E-state index contributed by atoms with van der Waals surface area (Å²) in [6, 6.07) is 16.5. The molecule has 0 bridgehead atoms. The second kappa shape index (κ2) is 6.71. The summed E-state index contributed by atoms with van der Waals surface area (Å²) in [6.07, 6.45) is 1.89. The van der Waals surface area contributed by atoms with Crippen LogP contribution in [0.1, 0.15) is 29.2 Å². The zero-order valence-corrected chi connectivity index (χ0v) is 11.8. The van der Waals surface area contributed by atoms with Crippen molar-refractivity contribution in [3.63, 3.8) is 0 Å². The molecule has 0 heterocycles. The Morgan fingerprint density at radius 2 is 1.79 bits per heavy atom. The van der Waals surface area contributed by atoms with Gasteiger partial charge in [0.1, 0.15) is 0 Å². The first-order valence-electron chi connectivity index (χ1n) is 6.47. The van der Waals surface area contributed by atoms with Gasteiger partial charge in [0.05, 0.1) is 0 Å². The van der Waals surface area contributed by atoms with Gasteiger partial charge in [-0.05, 0) is 37.0 Å². The minimum absolute atomic E-state index is 0.0787.